The highest BCUT2D eigenvalue weighted by Crippen LogP contribution is 2.42. The monoisotopic (exact) mass is 397 g/mol. The minimum atomic E-state index is -1.05. The van der Waals surface area contributed by atoms with E-state index < -0.39 is 36.1 Å². The number of Topliss-reactive ketones (excluding diaryl/α,β-unsaturated/α-hetero) is 1. The number of hydrogen-bond donors (Lipinski definition) is 2. The number of nitrogens with one attached hydrogen (secondary N) is 2. The van der Waals surface area contributed by atoms with Gasteiger partial charge in [0.05, 0.1) is 0 Å². The highest BCUT2D eigenvalue weighted by molar-refractivity contribution is 6.12. The number of amides is 3. The minimum absolute atomic E-state index is 0.102. The highest BCUT2D eigenvalue weighted by atomic mass is 16.5. The fraction of sp³-hybridized carbons (Fsp3) is 0.429. The molecule has 0 unspecified atom stereocenters. The number of imide groups is 1. The number of para-hydroxylation sites is 1. The van der Waals surface area contributed by atoms with Gasteiger partial charge < -0.3 is 15.0 Å². The zero-order chi connectivity index (χ0) is 20.9. The molecule has 4 rings (SSSR count). The van der Waals surface area contributed by atoms with E-state index in [0.29, 0.717) is 11.3 Å². The number of ketones is 1. The second-order valence-corrected chi connectivity index (χ2v) is 7.96. The smallest absolute Gasteiger partial charge is 0.326 e. The summed E-state index contributed by atoms with van der Waals surface area (Å²) in [5.74, 6) is -1.46. The van der Waals surface area contributed by atoms with E-state index in [-0.39, 0.29) is 11.7 Å². The molecule has 0 bridgehead atoms. The van der Waals surface area contributed by atoms with Crippen LogP contribution < -0.4 is 5.32 Å². The number of aromatic nitrogens is 1. The third-order valence-corrected chi connectivity index (χ3v) is 5.80. The standard InChI is InChI=1S/C21H23N3O5/c1-11-17(14-6-4-5-7-15(14)22-11)18(26)12(2)29-16(25)10-24-19(27)21(3,13-8-9-13)23-20(24)28/h4-7,12-13,22H,8-10H2,1-3H3,(H,23,28)/t12-,21-/m1/s1. The number of carbonyl (C=O) groups is 4. The first kappa shape index (κ1) is 19.2. The second kappa shape index (κ2) is 6.72. The van der Waals surface area contributed by atoms with Crippen molar-refractivity contribution in [1.29, 1.82) is 0 Å². The van der Waals surface area contributed by atoms with E-state index in [1.54, 1.807) is 13.8 Å². The summed E-state index contributed by atoms with van der Waals surface area (Å²) in [6.45, 7) is 4.44. The third kappa shape index (κ3) is 3.18. The topological polar surface area (TPSA) is 109 Å². The van der Waals surface area contributed by atoms with Crippen molar-refractivity contribution in [2.24, 2.45) is 5.92 Å². The van der Waals surface area contributed by atoms with Gasteiger partial charge in [0.25, 0.3) is 5.91 Å². The van der Waals surface area contributed by atoms with Crippen LogP contribution in [0.4, 0.5) is 4.79 Å². The van der Waals surface area contributed by atoms with Gasteiger partial charge in [-0.25, -0.2) is 4.79 Å². The summed E-state index contributed by atoms with van der Waals surface area (Å²) in [7, 11) is 0. The predicted octanol–water partition coefficient (Wildman–Crippen LogP) is 2.31. The quantitative estimate of drug-likeness (QED) is 0.442. The Labute approximate surface area is 167 Å². The number of ether oxygens (including phenoxy) is 1. The molecule has 29 heavy (non-hydrogen) atoms. The van der Waals surface area contributed by atoms with Crippen molar-refractivity contribution in [2.45, 2.75) is 45.3 Å². The van der Waals surface area contributed by atoms with Gasteiger partial charge in [-0.3, -0.25) is 19.3 Å². The van der Waals surface area contributed by atoms with Crippen molar-refractivity contribution in [3.05, 3.63) is 35.5 Å². The molecule has 0 spiro atoms. The van der Waals surface area contributed by atoms with Gasteiger partial charge in [-0.15, -0.1) is 0 Å². The first-order chi connectivity index (χ1) is 13.7. The van der Waals surface area contributed by atoms with E-state index in [4.69, 9.17) is 4.74 Å². The number of aromatic amines is 1. The fourth-order valence-electron chi connectivity index (χ4n) is 4.01. The molecule has 2 aliphatic rings. The van der Waals surface area contributed by atoms with Crippen LogP contribution in [-0.2, 0) is 14.3 Å². The average Bonchev–Trinajstić information content (AvgIpc) is 3.44. The maximum absolute atomic E-state index is 12.9. The van der Waals surface area contributed by atoms with Crippen LogP contribution in [0.1, 0.15) is 42.7 Å². The molecule has 3 amide bonds. The maximum atomic E-state index is 12.9. The van der Waals surface area contributed by atoms with Crippen LogP contribution in [0.3, 0.4) is 0 Å². The SMILES string of the molecule is Cc1[nH]c2ccccc2c1C(=O)[C@@H](C)OC(=O)CN1C(=O)N[C@](C)(C2CC2)C1=O. The molecule has 152 valence electrons. The molecule has 2 aromatic rings. The molecule has 1 aromatic heterocycles. The van der Waals surface area contributed by atoms with Crippen LogP contribution in [0, 0.1) is 12.8 Å². The molecule has 2 heterocycles. The van der Waals surface area contributed by atoms with Crippen LogP contribution in [-0.4, -0.2) is 51.8 Å². The Morgan fingerprint density at radius 3 is 2.66 bits per heavy atom. The molecule has 1 saturated carbocycles. The van der Waals surface area contributed by atoms with Gasteiger partial charge >= 0.3 is 12.0 Å². The van der Waals surface area contributed by atoms with Crippen molar-refractivity contribution in [1.82, 2.24) is 15.2 Å². The number of hydrogen-bond acceptors (Lipinski definition) is 5. The predicted molar refractivity (Wildman–Crippen MR) is 104 cm³/mol. The van der Waals surface area contributed by atoms with Crippen LogP contribution in [0.5, 0.6) is 0 Å². The Morgan fingerprint density at radius 1 is 1.28 bits per heavy atom. The number of urea groups is 1. The fourth-order valence-corrected chi connectivity index (χ4v) is 4.01. The van der Waals surface area contributed by atoms with Gasteiger partial charge in [0.15, 0.2) is 6.10 Å². The van der Waals surface area contributed by atoms with E-state index in [9.17, 15) is 19.2 Å². The summed E-state index contributed by atoms with van der Waals surface area (Å²) < 4.78 is 5.27. The van der Waals surface area contributed by atoms with Gasteiger partial charge in [-0.1, -0.05) is 18.2 Å². The molecule has 1 aliphatic carbocycles. The number of carbonyl (C=O) groups excluding carboxylic acids is 4. The van der Waals surface area contributed by atoms with E-state index >= 15 is 0 Å². The van der Waals surface area contributed by atoms with Crippen molar-refractivity contribution >= 4 is 34.6 Å². The van der Waals surface area contributed by atoms with Crippen LogP contribution >= 0.6 is 0 Å². The Kier molecular flexibility index (Phi) is 4.44. The molecule has 2 atom stereocenters. The van der Waals surface area contributed by atoms with Crippen molar-refractivity contribution in [3.8, 4) is 0 Å². The van der Waals surface area contributed by atoms with Crippen molar-refractivity contribution < 1.29 is 23.9 Å². The first-order valence-electron chi connectivity index (χ1n) is 9.67. The molecular formula is C21H23N3O5. The summed E-state index contributed by atoms with van der Waals surface area (Å²) in [4.78, 5) is 54.1. The number of fused-ring (bicyclic) bond motifs is 1. The summed E-state index contributed by atoms with van der Waals surface area (Å²) in [6, 6.07) is 6.78. The molecule has 1 saturated heterocycles. The molecule has 2 N–H and O–H groups in total. The number of benzene rings is 1. The lowest BCUT2D eigenvalue weighted by molar-refractivity contribution is -0.150. The van der Waals surface area contributed by atoms with Crippen LogP contribution in [0.2, 0.25) is 0 Å². The average molecular weight is 397 g/mol. The Balaban J connectivity index is 1.44. The molecule has 1 aromatic carbocycles. The number of nitrogens with zero attached hydrogens (tertiary/aromatic N) is 1. The van der Waals surface area contributed by atoms with E-state index in [0.717, 1.165) is 28.6 Å². The third-order valence-electron chi connectivity index (χ3n) is 5.80. The lowest BCUT2D eigenvalue weighted by Gasteiger charge is -2.21. The zero-order valence-corrected chi connectivity index (χ0v) is 16.6. The van der Waals surface area contributed by atoms with E-state index in [1.165, 1.54) is 6.92 Å². The largest absolute Gasteiger partial charge is 0.453 e. The zero-order valence-electron chi connectivity index (χ0n) is 16.6. The van der Waals surface area contributed by atoms with Gasteiger partial charge in [0, 0.05) is 22.2 Å². The number of rotatable bonds is 6. The lowest BCUT2D eigenvalue weighted by Crippen LogP contribution is -2.46. The van der Waals surface area contributed by atoms with Crippen molar-refractivity contribution in [2.75, 3.05) is 6.54 Å². The van der Waals surface area contributed by atoms with Gasteiger partial charge in [0.2, 0.25) is 5.78 Å². The number of aryl methyl sites for hydroxylation is 1. The lowest BCUT2D eigenvalue weighted by atomic mass is 9.96. The Morgan fingerprint density at radius 2 is 1.97 bits per heavy atom. The normalized spacial score (nSPS) is 22.7. The Bertz CT molecular complexity index is 1040. The molecule has 0 radical (unpaired) electrons. The number of H-pyrrole nitrogens is 1. The van der Waals surface area contributed by atoms with E-state index in [2.05, 4.69) is 10.3 Å². The van der Waals surface area contributed by atoms with Gasteiger partial charge in [-0.2, -0.15) is 0 Å². The summed E-state index contributed by atoms with van der Waals surface area (Å²) >= 11 is 0. The minimum Gasteiger partial charge on any atom is -0.453 e. The molecule has 8 heteroatoms. The van der Waals surface area contributed by atoms with Gasteiger partial charge in [-0.05, 0) is 45.6 Å². The summed E-state index contributed by atoms with van der Waals surface area (Å²) in [6.07, 6.45) is 0.697. The van der Waals surface area contributed by atoms with Crippen LogP contribution in [0.25, 0.3) is 10.9 Å². The molecule has 1 aliphatic heterocycles. The number of esters is 1. The highest BCUT2D eigenvalue weighted by Gasteiger charge is 2.56. The van der Waals surface area contributed by atoms with E-state index in [1.807, 2.05) is 24.3 Å². The first-order valence-corrected chi connectivity index (χ1v) is 9.67. The molecule has 8 nitrogen and oxygen atoms in total. The van der Waals surface area contributed by atoms with Crippen molar-refractivity contribution in [3.63, 3.8) is 0 Å². The van der Waals surface area contributed by atoms with Gasteiger partial charge in [0.1, 0.15) is 12.1 Å². The maximum Gasteiger partial charge on any atom is 0.326 e. The summed E-state index contributed by atoms with van der Waals surface area (Å²) in [5, 5.41) is 3.44. The Hall–Kier alpha value is -3.16. The second-order valence-electron chi connectivity index (χ2n) is 7.96. The summed E-state index contributed by atoms with van der Waals surface area (Å²) in [5.41, 5.74) is 1.02. The molecule has 2 fully saturated rings. The van der Waals surface area contributed by atoms with Crippen LogP contribution in [0.15, 0.2) is 24.3 Å². The molecular weight excluding hydrogens is 374 g/mol.